The third-order valence-electron chi connectivity index (χ3n) is 5.80. The summed E-state index contributed by atoms with van der Waals surface area (Å²) >= 11 is 0. The molecule has 1 atom stereocenters. The number of ether oxygens (including phenoxy) is 1. The molecule has 0 aliphatic heterocycles. The third-order valence-corrected chi connectivity index (χ3v) is 6.49. The minimum absolute atomic E-state index is 0.114. The summed E-state index contributed by atoms with van der Waals surface area (Å²) in [7, 11) is -3.36. The zero-order valence-electron chi connectivity index (χ0n) is 18.0. The first-order chi connectivity index (χ1) is 14.2. The maximum Gasteiger partial charge on any atom is 0.253 e. The maximum atomic E-state index is 12.7. The minimum Gasteiger partial charge on any atom is -0.376 e. The van der Waals surface area contributed by atoms with E-state index in [1.807, 2.05) is 19.1 Å². The molecular formula is C23H32N2O4S. The molecule has 2 aromatic rings. The van der Waals surface area contributed by atoms with Gasteiger partial charge in [-0.2, -0.15) is 0 Å². The normalized spacial score (nSPS) is 20.8. The molecule has 1 aromatic heterocycles. The van der Waals surface area contributed by atoms with Crippen LogP contribution in [0.3, 0.4) is 0 Å². The topological polar surface area (TPSA) is 77.4 Å². The molecule has 0 amide bonds. The largest absolute Gasteiger partial charge is 0.376 e. The van der Waals surface area contributed by atoms with Gasteiger partial charge in [0.2, 0.25) is 10.0 Å². The van der Waals surface area contributed by atoms with Crippen LogP contribution in [0.2, 0.25) is 0 Å². The van der Waals surface area contributed by atoms with Crippen molar-refractivity contribution in [2.45, 2.75) is 57.6 Å². The van der Waals surface area contributed by atoms with Crippen molar-refractivity contribution < 1.29 is 13.2 Å². The number of nitrogens with one attached hydrogen (secondary N) is 1. The second-order valence-electron chi connectivity index (χ2n) is 8.40. The molecule has 1 saturated carbocycles. The van der Waals surface area contributed by atoms with Gasteiger partial charge in [0.25, 0.3) is 5.56 Å². The van der Waals surface area contributed by atoms with Gasteiger partial charge in [-0.1, -0.05) is 30.3 Å². The highest BCUT2D eigenvalue weighted by atomic mass is 32.2. The van der Waals surface area contributed by atoms with E-state index in [9.17, 15) is 13.2 Å². The molecule has 30 heavy (non-hydrogen) atoms. The van der Waals surface area contributed by atoms with Crippen molar-refractivity contribution in [2.75, 3.05) is 19.4 Å². The lowest BCUT2D eigenvalue weighted by Gasteiger charge is -2.30. The Hall–Kier alpha value is -1.96. The van der Waals surface area contributed by atoms with Crippen molar-refractivity contribution in [3.8, 4) is 0 Å². The average Bonchev–Trinajstić information content (AvgIpc) is 2.71. The smallest absolute Gasteiger partial charge is 0.253 e. The van der Waals surface area contributed by atoms with Gasteiger partial charge in [0, 0.05) is 18.3 Å². The second kappa shape index (κ2) is 9.90. The van der Waals surface area contributed by atoms with Crippen molar-refractivity contribution in [1.29, 1.82) is 0 Å². The maximum absolute atomic E-state index is 12.7. The lowest BCUT2D eigenvalue weighted by Crippen LogP contribution is -2.38. The van der Waals surface area contributed by atoms with Crippen molar-refractivity contribution in [3.05, 3.63) is 69.6 Å². The number of pyridine rings is 1. The quantitative estimate of drug-likeness (QED) is 0.694. The first-order valence-electron chi connectivity index (χ1n) is 10.5. The van der Waals surface area contributed by atoms with E-state index in [0.29, 0.717) is 18.1 Å². The van der Waals surface area contributed by atoms with Gasteiger partial charge < -0.3 is 9.30 Å². The van der Waals surface area contributed by atoms with Crippen LogP contribution in [0.5, 0.6) is 0 Å². The number of sulfonamides is 1. The molecule has 1 heterocycles. The van der Waals surface area contributed by atoms with Gasteiger partial charge in [-0.15, -0.1) is 0 Å². The lowest BCUT2D eigenvalue weighted by molar-refractivity contribution is 0.00732. The van der Waals surface area contributed by atoms with Gasteiger partial charge in [-0.05, 0) is 62.6 Å². The fraction of sp³-hybridized carbons (Fsp3) is 0.522. The minimum atomic E-state index is -3.36. The monoisotopic (exact) mass is 432 g/mol. The molecule has 1 aliphatic carbocycles. The summed E-state index contributed by atoms with van der Waals surface area (Å²) in [6.07, 6.45) is 7.11. The van der Waals surface area contributed by atoms with E-state index < -0.39 is 16.1 Å². The van der Waals surface area contributed by atoms with Crippen LogP contribution in [0.25, 0.3) is 0 Å². The van der Waals surface area contributed by atoms with Gasteiger partial charge in [-0.25, -0.2) is 13.1 Å². The van der Waals surface area contributed by atoms with E-state index in [-0.39, 0.29) is 18.2 Å². The molecule has 0 radical (unpaired) electrons. The molecule has 164 valence electrons. The highest BCUT2D eigenvalue weighted by Crippen LogP contribution is 2.34. The van der Waals surface area contributed by atoms with Crippen LogP contribution < -0.4 is 10.3 Å². The highest BCUT2D eigenvalue weighted by molar-refractivity contribution is 7.88. The zero-order chi connectivity index (χ0) is 21.7. The number of hydrogen-bond acceptors (Lipinski definition) is 4. The Kier molecular flexibility index (Phi) is 7.50. The summed E-state index contributed by atoms with van der Waals surface area (Å²) in [6.45, 7) is 4.13. The molecule has 3 rings (SSSR count). The molecule has 7 heteroatoms. The van der Waals surface area contributed by atoms with E-state index in [1.165, 1.54) is 5.56 Å². The average molecular weight is 433 g/mol. The molecule has 1 aliphatic rings. The van der Waals surface area contributed by atoms with E-state index in [1.54, 1.807) is 17.7 Å². The molecule has 1 unspecified atom stereocenters. The Labute approximate surface area is 179 Å². The molecule has 1 aromatic carbocycles. The first kappa shape index (κ1) is 22.7. The van der Waals surface area contributed by atoms with Gasteiger partial charge >= 0.3 is 0 Å². The Morgan fingerprint density at radius 3 is 2.43 bits per heavy atom. The van der Waals surface area contributed by atoms with Crippen molar-refractivity contribution in [1.82, 2.24) is 9.29 Å². The van der Waals surface area contributed by atoms with Crippen molar-refractivity contribution >= 4 is 10.0 Å². The van der Waals surface area contributed by atoms with Gasteiger partial charge in [0.15, 0.2) is 0 Å². The van der Waals surface area contributed by atoms with E-state index in [4.69, 9.17) is 4.74 Å². The number of hydrogen-bond donors (Lipinski definition) is 1. The Balaban J connectivity index is 1.65. The molecule has 0 spiro atoms. The number of rotatable bonds is 8. The number of aryl methyl sites for hydroxylation is 2. The lowest BCUT2D eigenvalue weighted by atomic mass is 9.83. The van der Waals surface area contributed by atoms with Crippen molar-refractivity contribution in [2.24, 2.45) is 0 Å². The highest BCUT2D eigenvalue weighted by Gasteiger charge is 2.24. The zero-order valence-corrected chi connectivity index (χ0v) is 18.8. The molecular weight excluding hydrogens is 400 g/mol. The fourth-order valence-corrected chi connectivity index (χ4v) is 4.71. The summed E-state index contributed by atoms with van der Waals surface area (Å²) in [5.41, 5.74) is 2.87. The van der Waals surface area contributed by atoms with Crippen LogP contribution in [-0.2, 0) is 14.8 Å². The first-order valence-corrected chi connectivity index (χ1v) is 12.4. The summed E-state index contributed by atoms with van der Waals surface area (Å²) in [5.74, 6) is 0.566. The number of benzene rings is 1. The predicted octanol–water partition coefficient (Wildman–Crippen LogP) is 3.30. The fourth-order valence-electron chi connectivity index (χ4n) is 4.21. The van der Waals surface area contributed by atoms with E-state index >= 15 is 0 Å². The van der Waals surface area contributed by atoms with Gasteiger partial charge in [0.05, 0.1) is 25.0 Å². The van der Waals surface area contributed by atoms with Crippen LogP contribution in [0.15, 0.2) is 47.4 Å². The molecule has 0 bridgehead atoms. The third kappa shape index (κ3) is 6.27. The van der Waals surface area contributed by atoms with Crippen LogP contribution in [0.1, 0.15) is 54.3 Å². The van der Waals surface area contributed by atoms with E-state index in [2.05, 4.69) is 29.0 Å². The molecule has 1 fully saturated rings. The summed E-state index contributed by atoms with van der Waals surface area (Å²) in [6, 6.07) is 12.0. The standard InChI is InChI=1S/C23H32N2O4S/c1-17-13-18(2)23(26)25(15-17)21(14-24-30(3,27)28)16-29-22-11-9-20(10-12-22)19-7-5-4-6-8-19/h4-8,13,15,20-22,24H,9-12,14,16H2,1-3H3. The van der Waals surface area contributed by atoms with Crippen LogP contribution >= 0.6 is 0 Å². The second-order valence-corrected chi connectivity index (χ2v) is 10.2. The summed E-state index contributed by atoms with van der Waals surface area (Å²) < 4.78 is 33.6. The molecule has 6 nitrogen and oxygen atoms in total. The van der Waals surface area contributed by atoms with Crippen LogP contribution in [-0.4, -0.2) is 38.5 Å². The number of nitrogens with zero attached hydrogens (tertiary/aromatic N) is 1. The SMILES string of the molecule is Cc1cc(C)c(=O)n(C(CNS(C)(=O)=O)COC2CCC(c3ccccc3)CC2)c1. The van der Waals surface area contributed by atoms with Crippen molar-refractivity contribution in [3.63, 3.8) is 0 Å². The summed E-state index contributed by atoms with van der Waals surface area (Å²) in [5, 5.41) is 0. The predicted molar refractivity (Wildman–Crippen MR) is 119 cm³/mol. The van der Waals surface area contributed by atoms with E-state index in [0.717, 1.165) is 37.5 Å². The van der Waals surface area contributed by atoms with Crippen LogP contribution in [0.4, 0.5) is 0 Å². The molecule has 0 saturated heterocycles. The summed E-state index contributed by atoms with van der Waals surface area (Å²) in [4.78, 5) is 12.7. The Bertz CT molecular complexity index is 994. The number of aromatic nitrogens is 1. The Morgan fingerprint density at radius 2 is 1.80 bits per heavy atom. The Morgan fingerprint density at radius 1 is 1.13 bits per heavy atom. The molecule has 1 N–H and O–H groups in total. The van der Waals surface area contributed by atoms with Crippen LogP contribution in [0, 0.1) is 13.8 Å². The van der Waals surface area contributed by atoms with Gasteiger partial charge in [0.1, 0.15) is 0 Å². The van der Waals surface area contributed by atoms with Gasteiger partial charge in [-0.3, -0.25) is 4.79 Å².